The molecule has 1 aliphatic carbocycles. The van der Waals surface area contributed by atoms with E-state index in [9.17, 15) is 4.79 Å². The minimum absolute atomic E-state index is 0.379. The smallest absolute Gasteiger partial charge is 0.250 e. The number of amides is 1. The first kappa shape index (κ1) is 13.2. The van der Waals surface area contributed by atoms with E-state index in [4.69, 9.17) is 15.2 Å². The van der Waals surface area contributed by atoms with Crippen molar-refractivity contribution < 1.29 is 14.3 Å². The van der Waals surface area contributed by atoms with Crippen LogP contribution in [-0.2, 0) is 0 Å². The first-order chi connectivity index (χ1) is 10.6. The zero-order valence-electron chi connectivity index (χ0n) is 12.5. The molecule has 1 saturated carbocycles. The van der Waals surface area contributed by atoms with E-state index in [2.05, 4.69) is 4.57 Å². The first-order valence-corrected chi connectivity index (χ1v) is 7.57. The number of carbonyl (C=O) groups excluding carboxylic acids is 1. The fraction of sp³-hybridized carbons (Fsp3) is 0.353. The number of hydrogen-bond donors (Lipinski definition) is 1. The Morgan fingerprint density at radius 1 is 1.18 bits per heavy atom. The highest BCUT2D eigenvalue weighted by atomic mass is 16.6. The van der Waals surface area contributed by atoms with Crippen molar-refractivity contribution in [3.63, 3.8) is 0 Å². The van der Waals surface area contributed by atoms with Crippen LogP contribution in [0.3, 0.4) is 0 Å². The van der Waals surface area contributed by atoms with E-state index in [1.165, 1.54) is 0 Å². The molecule has 0 radical (unpaired) electrons. The van der Waals surface area contributed by atoms with Gasteiger partial charge >= 0.3 is 0 Å². The highest BCUT2D eigenvalue weighted by Gasteiger charge is 2.30. The number of rotatable bonds is 3. The third-order valence-corrected chi connectivity index (χ3v) is 4.31. The Labute approximate surface area is 128 Å². The van der Waals surface area contributed by atoms with Gasteiger partial charge in [-0.3, -0.25) is 4.79 Å². The highest BCUT2D eigenvalue weighted by molar-refractivity contribution is 5.95. The fourth-order valence-corrected chi connectivity index (χ4v) is 3.10. The van der Waals surface area contributed by atoms with Gasteiger partial charge in [0.25, 0.3) is 5.91 Å². The van der Waals surface area contributed by atoms with Gasteiger partial charge in [0.05, 0.1) is 5.56 Å². The van der Waals surface area contributed by atoms with Crippen molar-refractivity contribution in [2.24, 2.45) is 5.73 Å². The lowest BCUT2D eigenvalue weighted by Crippen LogP contribution is -2.15. The molecule has 2 heterocycles. The summed E-state index contributed by atoms with van der Waals surface area (Å²) in [7, 11) is 0. The van der Waals surface area contributed by atoms with Crippen molar-refractivity contribution in [1.82, 2.24) is 4.57 Å². The second kappa shape index (κ2) is 4.80. The van der Waals surface area contributed by atoms with Crippen LogP contribution >= 0.6 is 0 Å². The number of carbonyl (C=O) groups is 1. The number of benzene rings is 1. The van der Waals surface area contributed by atoms with Crippen molar-refractivity contribution in [3.05, 3.63) is 35.5 Å². The van der Waals surface area contributed by atoms with Crippen LogP contribution in [0.4, 0.5) is 0 Å². The number of nitrogens with two attached hydrogens (primary N) is 1. The average Bonchev–Trinajstić information content (AvgIpc) is 3.29. The van der Waals surface area contributed by atoms with Crippen molar-refractivity contribution in [1.29, 1.82) is 0 Å². The predicted octanol–water partition coefficient (Wildman–Crippen LogP) is 2.67. The van der Waals surface area contributed by atoms with Gasteiger partial charge in [-0.05, 0) is 44.0 Å². The van der Waals surface area contributed by atoms with E-state index in [0.717, 1.165) is 41.3 Å². The van der Waals surface area contributed by atoms with Crippen LogP contribution in [0.2, 0.25) is 0 Å². The zero-order valence-corrected chi connectivity index (χ0v) is 12.5. The van der Waals surface area contributed by atoms with Gasteiger partial charge in [-0.1, -0.05) is 0 Å². The molecular formula is C17H18N2O3. The van der Waals surface area contributed by atoms with Gasteiger partial charge in [0.1, 0.15) is 13.2 Å². The summed E-state index contributed by atoms with van der Waals surface area (Å²) in [4.78, 5) is 11.7. The Morgan fingerprint density at radius 3 is 2.59 bits per heavy atom. The van der Waals surface area contributed by atoms with E-state index in [1.54, 1.807) is 0 Å². The summed E-state index contributed by atoms with van der Waals surface area (Å²) in [5, 5.41) is 0. The molecule has 0 atom stereocenters. The third-order valence-electron chi connectivity index (χ3n) is 4.31. The topological polar surface area (TPSA) is 66.5 Å². The number of fused-ring (bicyclic) bond motifs is 1. The lowest BCUT2D eigenvalue weighted by Gasteiger charge is -2.19. The van der Waals surface area contributed by atoms with Crippen molar-refractivity contribution in [3.8, 4) is 22.8 Å². The second-order valence-electron chi connectivity index (χ2n) is 5.85. The molecule has 4 rings (SSSR count). The summed E-state index contributed by atoms with van der Waals surface area (Å²) in [6.07, 6.45) is 2.29. The van der Waals surface area contributed by atoms with E-state index in [-0.39, 0.29) is 5.91 Å². The minimum Gasteiger partial charge on any atom is -0.486 e. The van der Waals surface area contributed by atoms with Gasteiger partial charge in [-0.25, -0.2) is 0 Å². The maximum atomic E-state index is 11.7. The van der Waals surface area contributed by atoms with Gasteiger partial charge in [-0.2, -0.15) is 0 Å². The molecule has 0 spiro atoms. The Hall–Kier alpha value is -2.43. The number of ether oxygens (including phenoxy) is 2. The number of hydrogen-bond acceptors (Lipinski definition) is 3. The molecule has 2 aliphatic rings. The van der Waals surface area contributed by atoms with Gasteiger partial charge in [0, 0.05) is 23.0 Å². The van der Waals surface area contributed by atoms with Crippen LogP contribution in [0.15, 0.2) is 24.3 Å². The van der Waals surface area contributed by atoms with Crippen LogP contribution in [0.25, 0.3) is 11.3 Å². The van der Waals surface area contributed by atoms with Crippen molar-refractivity contribution >= 4 is 5.91 Å². The fourth-order valence-electron chi connectivity index (χ4n) is 3.10. The molecule has 1 aromatic carbocycles. The third kappa shape index (κ3) is 2.04. The van der Waals surface area contributed by atoms with Gasteiger partial charge in [-0.15, -0.1) is 0 Å². The molecule has 22 heavy (non-hydrogen) atoms. The number of nitrogens with zero attached hydrogens (tertiary/aromatic N) is 1. The Morgan fingerprint density at radius 2 is 1.91 bits per heavy atom. The Bertz CT molecular complexity index is 760. The molecule has 1 aromatic heterocycles. The lowest BCUT2D eigenvalue weighted by atomic mass is 10.1. The van der Waals surface area contributed by atoms with E-state index in [0.29, 0.717) is 24.8 Å². The summed E-state index contributed by atoms with van der Waals surface area (Å²) in [5.41, 5.74) is 9.09. The normalized spacial score (nSPS) is 16.6. The van der Waals surface area contributed by atoms with Gasteiger partial charge in [0.2, 0.25) is 0 Å². The monoisotopic (exact) mass is 298 g/mol. The molecule has 1 fully saturated rings. The minimum atomic E-state index is -0.379. The van der Waals surface area contributed by atoms with E-state index < -0.39 is 0 Å². The van der Waals surface area contributed by atoms with Gasteiger partial charge < -0.3 is 19.8 Å². The molecule has 1 aliphatic heterocycles. The summed E-state index contributed by atoms with van der Waals surface area (Å²) < 4.78 is 13.5. The van der Waals surface area contributed by atoms with Crippen molar-refractivity contribution in [2.45, 2.75) is 25.8 Å². The van der Waals surface area contributed by atoms with Crippen LogP contribution in [0, 0.1) is 6.92 Å². The molecule has 114 valence electrons. The summed E-state index contributed by atoms with van der Waals surface area (Å²) in [6.45, 7) is 3.10. The molecular weight excluding hydrogens is 280 g/mol. The second-order valence-corrected chi connectivity index (χ2v) is 5.85. The molecule has 0 unspecified atom stereocenters. The maximum Gasteiger partial charge on any atom is 0.250 e. The molecule has 1 amide bonds. The molecule has 0 bridgehead atoms. The molecule has 5 heteroatoms. The highest BCUT2D eigenvalue weighted by Crippen LogP contribution is 2.43. The molecule has 2 N–H and O–H groups in total. The average molecular weight is 298 g/mol. The Kier molecular flexibility index (Phi) is 2.89. The Balaban J connectivity index is 1.85. The molecule has 5 nitrogen and oxygen atoms in total. The van der Waals surface area contributed by atoms with E-state index >= 15 is 0 Å². The SMILES string of the molecule is Cc1c(C(N)=O)cc(-c2ccc3c(c2)OCCO3)n1C1CC1. The largest absolute Gasteiger partial charge is 0.486 e. The molecule has 0 saturated heterocycles. The quantitative estimate of drug-likeness (QED) is 0.947. The van der Waals surface area contributed by atoms with Crippen LogP contribution < -0.4 is 15.2 Å². The summed E-state index contributed by atoms with van der Waals surface area (Å²) >= 11 is 0. The van der Waals surface area contributed by atoms with Crippen LogP contribution in [0.1, 0.15) is 34.9 Å². The molecule has 2 aromatic rings. The standard InChI is InChI=1S/C17H18N2O3/c1-10-13(17(18)20)9-14(19(10)12-3-4-12)11-2-5-15-16(8-11)22-7-6-21-15/h2,5,8-9,12H,3-4,6-7H2,1H3,(H2,18,20). The number of aromatic nitrogens is 1. The first-order valence-electron chi connectivity index (χ1n) is 7.57. The van der Waals surface area contributed by atoms with Crippen molar-refractivity contribution in [2.75, 3.05) is 13.2 Å². The summed E-state index contributed by atoms with van der Waals surface area (Å²) in [5.74, 6) is 1.15. The maximum absolute atomic E-state index is 11.7. The zero-order chi connectivity index (χ0) is 15.3. The number of primary amides is 1. The van der Waals surface area contributed by atoms with Crippen LogP contribution in [-0.4, -0.2) is 23.7 Å². The van der Waals surface area contributed by atoms with Crippen LogP contribution in [0.5, 0.6) is 11.5 Å². The van der Waals surface area contributed by atoms with E-state index in [1.807, 2.05) is 31.2 Å². The van der Waals surface area contributed by atoms with Gasteiger partial charge in [0.15, 0.2) is 11.5 Å². The summed E-state index contributed by atoms with van der Waals surface area (Å²) in [6, 6.07) is 8.27. The predicted molar refractivity (Wildman–Crippen MR) is 82.4 cm³/mol. The lowest BCUT2D eigenvalue weighted by molar-refractivity contribution is 0.0999.